The largest absolute Gasteiger partial charge is 0.236 e. The van der Waals surface area contributed by atoms with Gasteiger partial charge in [0, 0.05) is 9.43 Å². The molecule has 16 heavy (non-hydrogen) atoms. The van der Waals surface area contributed by atoms with E-state index in [1.54, 1.807) is 0 Å². The third-order valence-corrected chi connectivity index (χ3v) is 6.19. The molecule has 0 amide bonds. The van der Waals surface area contributed by atoms with Crippen LogP contribution in [0.15, 0.2) is 4.52 Å². The van der Waals surface area contributed by atoms with E-state index >= 15 is 0 Å². The van der Waals surface area contributed by atoms with Gasteiger partial charge in [0.15, 0.2) is 0 Å². The number of nitrogens with zero attached hydrogens (tertiary/aromatic N) is 3. The highest BCUT2D eigenvalue weighted by Gasteiger charge is 2.59. The monoisotopic (exact) mass is 243 g/mol. The van der Waals surface area contributed by atoms with Gasteiger partial charge in [-0.05, 0) is 48.0 Å². The molecule has 0 unspecified atom stereocenters. The van der Waals surface area contributed by atoms with E-state index in [1.807, 2.05) is 0 Å². The molecule has 6 heteroatoms. The van der Waals surface area contributed by atoms with E-state index in [9.17, 15) is 8.42 Å². The number of sulfonamides is 1. The van der Waals surface area contributed by atoms with Gasteiger partial charge in [0.05, 0.1) is 5.75 Å². The fourth-order valence-corrected chi connectivity index (χ4v) is 5.26. The molecule has 2 rings (SSSR count). The van der Waals surface area contributed by atoms with Gasteiger partial charge in [0.1, 0.15) is 0 Å². The summed E-state index contributed by atoms with van der Waals surface area (Å²) in [6, 6.07) is 0. The lowest BCUT2D eigenvalue weighted by Crippen LogP contribution is -2.36. The summed E-state index contributed by atoms with van der Waals surface area (Å²) in [7, 11) is -3.62. The van der Waals surface area contributed by atoms with Crippen molar-refractivity contribution in [2.24, 2.45) is 21.3 Å². The molecule has 0 aromatic rings. The Morgan fingerprint density at radius 3 is 2.31 bits per heavy atom. The lowest BCUT2D eigenvalue weighted by atomic mass is 9.71. The minimum absolute atomic E-state index is 0.0214. The minimum Gasteiger partial charge on any atom is -0.221 e. The fourth-order valence-electron chi connectivity index (χ4n) is 3.73. The number of hydrogen-bond donors (Lipinski definition) is 0. The number of fused-ring (bicyclic) bond motifs is 2. The van der Waals surface area contributed by atoms with Gasteiger partial charge in [-0.25, -0.2) is 8.42 Å². The normalized spacial score (nSPS) is 36.0. The van der Waals surface area contributed by atoms with Gasteiger partial charge in [-0.15, -0.1) is 0 Å². The molecule has 2 fully saturated rings. The maximum absolute atomic E-state index is 11.6. The van der Waals surface area contributed by atoms with E-state index in [4.69, 9.17) is 5.53 Å². The van der Waals surface area contributed by atoms with Crippen LogP contribution < -0.4 is 0 Å². The molecule has 2 aliphatic rings. The highest BCUT2D eigenvalue weighted by molar-refractivity contribution is 7.90. The predicted molar refractivity (Wildman–Crippen MR) is 61.1 cm³/mol. The quantitative estimate of drug-likeness (QED) is 0.433. The fraction of sp³-hybridized carbons (Fsp3) is 1.00. The second-order valence-electron chi connectivity index (χ2n) is 5.67. The second-order valence-corrected chi connectivity index (χ2v) is 7.29. The van der Waals surface area contributed by atoms with E-state index < -0.39 is 10.0 Å². The molecular weight excluding hydrogens is 226 g/mol. The molecule has 0 aliphatic heterocycles. The van der Waals surface area contributed by atoms with Crippen LogP contribution in [0.1, 0.15) is 39.5 Å². The summed E-state index contributed by atoms with van der Waals surface area (Å²) < 4.78 is 26.2. The Balaban J connectivity index is 2.31. The first kappa shape index (κ1) is 11.7. The predicted octanol–water partition coefficient (Wildman–Crippen LogP) is 2.84. The van der Waals surface area contributed by atoms with Crippen molar-refractivity contribution in [3.05, 3.63) is 10.4 Å². The average Bonchev–Trinajstić information content (AvgIpc) is 2.51. The Kier molecular flexibility index (Phi) is 2.48. The summed E-state index contributed by atoms with van der Waals surface area (Å²) in [5.74, 6) is 0.655. The summed E-state index contributed by atoms with van der Waals surface area (Å²) >= 11 is 0. The summed E-state index contributed by atoms with van der Waals surface area (Å²) in [5.41, 5.74) is 8.15. The first-order valence-corrected chi connectivity index (χ1v) is 7.23. The molecule has 0 radical (unpaired) electrons. The van der Waals surface area contributed by atoms with Crippen LogP contribution in [0.3, 0.4) is 0 Å². The van der Waals surface area contributed by atoms with Gasteiger partial charge >= 0.3 is 0 Å². The number of azide groups is 1. The molecule has 0 N–H and O–H groups in total. The SMILES string of the molecule is CC1(C)C2CCC1(CS(=O)(=O)N=[N+]=[N-])CC2. The van der Waals surface area contributed by atoms with Crippen molar-refractivity contribution in [1.29, 1.82) is 0 Å². The highest BCUT2D eigenvalue weighted by Crippen LogP contribution is 2.66. The third-order valence-electron chi connectivity index (χ3n) is 4.95. The van der Waals surface area contributed by atoms with E-state index in [2.05, 4.69) is 23.3 Å². The third kappa shape index (κ3) is 1.52. The van der Waals surface area contributed by atoms with Crippen LogP contribution in [0.5, 0.6) is 0 Å². The van der Waals surface area contributed by atoms with Crippen molar-refractivity contribution in [3.63, 3.8) is 0 Å². The van der Waals surface area contributed by atoms with Gasteiger partial charge in [-0.2, -0.15) is 0 Å². The zero-order valence-electron chi connectivity index (χ0n) is 9.68. The Morgan fingerprint density at radius 2 is 1.94 bits per heavy atom. The first-order valence-electron chi connectivity index (χ1n) is 5.62. The lowest BCUT2D eigenvalue weighted by Gasteiger charge is -2.37. The maximum atomic E-state index is 11.6. The molecule has 90 valence electrons. The van der Waals surface area contributed by atoms with Crippen molar-refractivity contribution >= 4 is 10.0 Å². The standard InChI is InChI=1S/C10H17N3O2S/c1-9(2)8-3-5-10(9,6-4-8)7-16(14,15)13-12-11/h8H,3-7H2,1-2H3. The molecule has 2 aliphatic carbocycles. The Labute approximate surface area is 95.9 Å². The topological polar surface area (TPSA) is 82.9 Å². The van der Waals surface area contributed by atoms with E-state index in [0.29, 0.717) is 5.92 Å². The highest BCUT2D eigenvalue weighted by atomic mass is 32.2. The van der Waals surface area contributed by atoms with E-state index in [1.165, 1.54) is 0 Å². The van der Waals surface area contributed by atoms with Crippen LogP contribution in [0.4, 0.5) is 0 Å². The van der Waals surface area contributed by atoms with Crippen LogP contribution in [0.25, 0.3) is 10.4 Å². The minimum atomic E-state index is -3.62. The molecular formula is C10H17N3O2S. The molecule has 0 aromatic heterocycles. The Hall–Kier alpha value is -0.740. The van der Waals surface area contributed by atoms with Gasteiger partial charge in [-0.1, -0.05) is 13.8 Å². The van der Waals surface area contributed by atoms with Gasteiger partial charge in [-0.3, -0.25) is 0 Å². The molecule has 0 saturated heterocycles. The maximum Gasteiger partial charge on any atom is 0.236 e. The van der Waals surface area contributed by atoms with E-state index in [0.717, 1.165) is 25.7 Å². The van der Waals surface area contributed by atoms with Gasteiger partial charge in [0.2, 0.25) is 10.0 Å². The average molecular weight is 243 g/mol. The van der Waals surface area contributed by atoms with Crippen LogP contribution in [-0.2, 0) is 10.0 Å². The van der Waals surface area contributed by atoms with Crippen molar-refractivity contribution < 1.29 is 8.42 Å². The molecule has 0 spiro atoms. The summed E-state index contributed by atoms with van der Waals surface area (Å²) in [4.78, 5) is 2.41. The van der Waals surface area contributed by atoms with E-state index in [-0.39, 0.29) is 16.6 Å². The number of hydrogen-bond acceptors (Lipinski definition) is 2. The first-order chi connectivity index (χ1) is 7.33. The molecule has 0 heterocycles. The van der Waals surface area contributed by atoms with Crippen molar-refractivity contribution in [1.82, 2.24) is 0 Å². The summed E-state index contributed by atoms with van der Waals surface area (Å²) in [6.45, 7) is 4.31. The molecule has 2 saturated carbocycles. The van der Waals surface area contributed by atoms with Gasteiger partial charge in [0.25, 0.3) is 0 Å². The second kappa shape index (κ2) is 3.37. The zero-order valence-corrected chi connectivity index (χ0v) is 10.5. The molecule has 0 aromatic carbocycles. The van der Waals surface area contributed by atoms with Crippen LogP contribution in [0, 0.1) is 16.7 Å². The smallest absolute Gasteiger partial charge is 0.221 e. The van der Waals surface area contributed by atoms with Crippen LogP contribution in [-0.4, -0.2) is 14.2 Å². The Bertz CT molecular complexity index is 441. The summed E-state index contributed by atoms with van der Waals surface area (Å²) in [6.07, 6.45) is 4.12. The zero-order chi connectivity index (χ0) is 12.0. The van der Waals surface area contributed by atoms with Crippen LogP contribution in [0.2, 0.25) is 0 Å². The summed E-state index contributed by atoms with van der Waals surface area (Å²) in [5, 5.41) is 0. The molecule has 0 atom stereocenters. The van der Waals surface area contributed by atoms with Gasteiger partial charge < -0.3 is 0 Å². The number of rotatable bonds is 3. The van der Waals surface area contributed by atoms with Crippen LogP contribution >= 0.6 is 0 Å². The van der Waals surface area contributed by atoms with Crippen molar-refractivity contribution in [2.45, 2.75) is 39.5 Å². The molecule has 2 bridgehead atoms. The molecule has 5 nitrogen and oxygen atoms in total. The lowest BCUT2D eigenvalue weighted by molar-refractivity contribution is 0.155. The Morgan fingerprint density at radius 1 is 1.38 bits per heavy atom. The van der Waals surface area contributed by atoms with Crippen molar-refractivity contribution in [3.8, 4) is 0 Å². The van der Waals surface area contributed by atoms with Crippen molar-refractivity contribution in [2.75, 3.05) is 5.75 Å².